The molecule has 0 aliphatic rings. The number of aromatic amines is 1. The Hall–Kier alpha value is -1.62. The molecule has 0 spiro atoms. The van der Waals surface area contributed by atoms with Gasteiger partial charge in [0.25, 0.3) is 0 Å². The second-order valence-electron chi connectivity index (χ2n) is 3.61. The molecular formula is C12H13N3OS. The summed E-state index contributed by atoms with van der Waals surface area (Å²) in [7, 11) is 0. The lowest BCUT2D eigenvalue weighted by atomic mass is 10.1. The van der Waals surface area contributed by atoms with Crippen LogP contribution >= 0.6 is 11.8 Å². The molecule has 0 saturated carbocycles. The van der Waals surface area contributed by atoms with E-state index in [0.29, 0.717) is 11.6 Å². The van der Waals surface area contributed by atoms with Crippen LogP contribution in [0.3, 0.4) is 0 Å². The molecule has 1 heterocycles. The highest BCUT2D eigenvalue weighted by molar-refractivity contribution is 7.99. The quantitative estimate of drug-likeness (QED) is 0.844. The van der Waals surface area contributed by atoms with Crippen LogP contribution in [0.15, 0.2) is 34.3 Å². The minimum absolute atomic E-state index is 0.162. The standard InChI is InChI=1S/C12H13N3OS/c1-3-11(16)9-4-6-10(7-5-9)17-12-13-8(2)14-15-12/h4-7H,3H2,1-2H3,(H,13,14,15). The Bertz CT molecular complexity index is 519. The molecule has 0 fully saturated rings. The average Bonchev–Trinajstić information content (AvgIpc) is 2.75. The van der Waals surface area contributed by atoms with Gasteiger partial charge in [0.2, 0.25) is 5.16 Å². The van der Waals surface area contributed by atoms with Crippen LogP contribution in [0.5, 0.6) is 0 Å². The van der Waals surface area contributed by atoms with E-state index in [1.54, 1.807) is 0 Å². The molecule has 17 heavy (non-hydrogen) atoms. The maximum atomic E-state index is 11.4. The predicted molar refractivity (Wildman–Crippen MR) is 66.3 cm³/mol. The van der Waals surface area contributed by atoms with Crippen LogP contribution in [0.25, 0.3) is 0 Å². The topological polar surface area (TPSA) is 58.6 Å². The molecule has 88 valence electrons. The van der Waals surface area contributed by atoms with Gasteiger partial charge in [-0.25, -0.2) is 4.98 Å². The van der Waals surface area contributed by atoms with Crippen LogP contribution in [-0.2, 0) is 0 Å². The Labute approximate surface area is 104 Å². The van der Waals surface area contributed by atoms with Crippen LogP contribution in [0.4, 0.5) is 0 Å². The number of hydrogen-bond donors (Lipinski definition) is 1. The van der Waals surface area contributed by atoms with E-state index in [1.807, 2.05) is 38.1 Å². The van der Waals surface area contributed by atoms with Gasteiger partial charge in [0.05, 0.1) is 0 Å². The van der Waals surface area contributed by atoms with Gasteiger partial charge in [-0.2, -0.15) is 0 Å². The molecule has 1 aromatic carbocycles. The normalized spacial score (nSPS) is 10.5. The third-order valence-electron chi connectivity index (χ3n) is 2.28. The Morgan fingerprint density at radius 3 is 2.59 bits per heavy atom. The SMILES string of the molecule is CCC(=O)c1ccc(Sc2n[nH]c(C)n2)cc1. The number of hydrogen-bond acceptors (Lipinski definition) is 4. The Kier molecular flexibility index (Phi) is 3.58. The van der Waals surface area contributed by atoms with Crippen molar-refractivity contribution in [2.45, 2.75) is 30.3 Å². The summed E-state index contributed by atoms with van der Waals surface area (Å²) >= 11 is 1.47. The van der Waals surface area contributed by atoms with Crippen molar-refractivity contribution in [3.8, 4) is 0 Å². The lowest BCUT2D eigenvalue weighted by Crippen LogP contribution is -1.95. The summed E-state index contributed by atoms with van der Waals surface area (Å²) in [6, 6.07) is 7.51. The van der Waals surface area contributed by atoms with Crippen molar-refractivity contribution in [2.24, 2.45) is 0 Å². The van der Waals surface area contributed by atoms with Gasteiger partial charge in [0, 0.05) is 16.9 Å². The predicted octanol–water partition coefficient (Wildman–Crippen LogP) is 2.86. The molecule has 1 aromatic heterocycles. The minimum Gasteiger partial charge on any atom is -0.294 e. The van der Waals surface area contributed by atoms with Gasteiger partial charge in [-0.3, -0.25) is 9.89 Å². The van der Waals surface area contributed by atoms with E-state index >= 15 is 0 Å². The molecule has 0 saturated heterocycles. The molecule has 0 unspecified atom stereocenters. The molecule has 0 radical (unpaired) electrons. The van der Waals surface area contributed by atoms with Gasteiger partial charge in [-0.1, -0.05) is 19.1 Å². The smallest absolute Gasteiger partial charge is 0.213 e. The zero-order valence-corrected chi connectivity index (χ0v) is 10.5. The largest absolute Gasteiger partial charge is 0.294 e. The molecule has 2 aromatic rings. The van der Waals surface area contributed by atoms with Gasteiger partial charge in [0.15, 0.2) is 5.78 Å². The van der Waals surface area contributed by atoms with Crippen LogP contribution in [-0.4, -0.2) is 21.0 Å². The summed E-state index contributed by atoms with van der Waals surface area (Å²) in [6.07, 6.45) is 0.534. The highest BCUT2D eigenvalue weighted by Gasteiger charge is 2.05. The number of rotatable bonds is 4. The fourth-order valence-electron chi connectivity index (χ4n) is 1.39. The van der Waals surface area contributed by atoms with Gasteiger partial charge >= 0.3 is 0 Å². The highest BCUT2D eigenvalue weighted by Crippen LogP contribution is 2.24. The number of nitrogens with one attached hydrogen (secondary N) is 1. The van der Waals surface area contributed by atoms with Crippen molar-refractivity contribution in [3.63, 3.8) is 0 Å². The Morgan fingerprint density at radius 2 is 2.06 bits per heavy atom. The summed E-state index contributed by atoms with van der Waals surface area (Å²) in [5, 5.41) is 7.53. The molecule has 0 bridgehead atoms. The summed E-state index contributed by atoms with van der Waals surface area (Å²) in [6.45, 7) is 3.72. The first-order valence-electron chi connectivity index (χ1n) is 5.39. The molecule has 1 N–H and O–H groups in total. The van der Waals surface area contributed by atoms with Gasteiger partial charge in [0.1, 0.15) is 5.82 Å². The number of Topliss-reactive ketones (excluding diaryl/α,β-unsaturated/α-hetero) is 1. The van der Waals surface area contributed by atoms with Crippen LogP contribution < -0.4 is 0 Å². The molecule has 4 nitrogen and oxygen atoms in total. The molecular weight excluding hydrogens is 234 g/mol. The van der Waals surface area contributed by atoms with Crippen molar-refractivity contribution >= 4 is 17.5 Å². The molecule has 2 rings (SSSR count). The van der Waals surface area contributed by atoms with Gasteiger partial charge in [-0.15, -0.1) is 5.10 Å². The maximum absolute atomic E-state index is 11.4. The maximum Gasteiger partial charge on any atom is 0.213 e. The van der Waals surface area contributed by atoms with E-state index in [1.165, 1.54) is 11.8 Å². The number of benzene rings is 1. The number of carbonyl (C=O) groups is 1. The summed E-state index contributed by atoms with van der Waals surface area (Å²) in [5.74, 6) is 0.959. The lowest BCUT2D eigenvalue weighted by molar-refractivity contribution is 0.0988. The molecule has 0 aliphatic carbocycles. The molecule has 0 amide bonds. The van der Waals surface area contributed by atoms with E-state index in [-0.39, 0.29) is 5.78 Å². The zero-order chi connectivity index (χ0) is 12.3. The van der Waals surface area contributed by atoms with Crippen LogP contribution in [0.1, 0.15) is 29.5 Å². The summed E-state index contributed by atoms with van der Waals surface area (Å²) in [5.41, 5.74) is 0.753. The van der Waals surface area contributed by atoms with Crippen molar-refractivity contribution in [1.29, 1.82) is 0 Å². The molecule has 0 aliphatic heterocycles. The average molecular weight is 247 g/mol. The number of aryl methyl sites for hydroxylation is 1. The first kappa shape index (κ1) is 11.9. The first-order valence-corrected chi connectivity index (χ1v) is 6.21. The van der Waals surface area contributed by atoms with E-state index in [0.717, 1.165) is 16.3 Å². The third kappa shape index (κ3) is 2.94. The van der Waals surface area contributed by atoms with Crippen molar-refractivity contribution in [1.82, 2.24) is 15.2 Å². The summed E-state index contributed by atoms with van der Waals surface area (Å²) in [4.78, 5) is 16.7. The number of nitrogens with zero attached hydrogens (tertiary/aromatic N) is 2. The third-order valence-corrected chi connectivity index (χ3v) is 3.16. The fourth-order valence-corrected chi connectivity index (χ4v) is 2.14. The van der Waals surface area contributed by atoms with E-state index in [4.69, 9.17) is 0 Å². The fraction of sp³-hybridized carbons (Fsp3) is 0.250. The number of H-pyrrole nitrogens is 1. The second-order valence-corrected chi connectivity index (χ2v) is 4.65. The number of aromatic nitrogens is 3. The Balaban J connectivity index is 2.10. The number of ketones is 1. The molecule has 5 heteroatoms. The van der Waals surface area contributed by atoms with Crippen LogP contribution in [0, 0.1) is 6.92 Å². The zero-order valence-electron chi connectivity index (χ0n) is 9.73. The summed E-state index contributed by atoms with van der Waals surface area (Å²) < 4.78 is 0. The monoisotopic (exact) mass is 247 g/mol. The Morgan fingerprint density at radius 1 is 1.35 bits per heavy atom. The minimum atomic E-state index is 0.162. The van der Waals surface area contributed by atoms with Gasteiger partial charge < -0.3 is 0 Å². The van der Waals surface area contributed by atoms with E-state index < -0.39 is 0 Å². The van der Waals surface area contributed by atoms with E-state index in [9.17, 15) is 4.79 Å². The second kappa shape index (κ2) is 5.14. The molecule has 0 atom stereocenters. The lowest BCUT2D eigenvalue weighted by Gasteiger charge is -1.99. The van der Waals surface area contributed by atoms with Crippen molar-refractivity contribution in [2.75, 3.05) is 0 Å². The number of carbonyl (C=O) groups excluding carboxylic acids is 1. The van der Waals surface area contributed by atoms with Crippen molar-refractivity contribution in [3.05, 3.63) is 35.7 Å². The van der Waals surface area contributed by atoms with E-state index in [2.05, 4.69) is 15.2 Å². The van der Waals surface area contributed by atoms with Gasteiger partial charge in [-0.05, 0) is 30.8 Å². The van der Waals surface area contributed by atoms with Crippen LogP contribution in [0.2, 0.25) is 0 Å². The van der Waals surface area contributed by atoms with Crippen molar-refractivity contribution < 1.29 is 4.79 Å². The first-order chi connectivity index (χ1) is 8.19. The highest BCUT2D eigenvalue weighted by atomic mass is 32.2.